The normalized spacial score (nSPS) is 17.1. The summed E-state index contributed by atoms with van der Waals surface area (Å²) in [6.07, 6.45) is 6.34. The second-order valence-electron chi connectivity index (χ2n) is 8.44. The van der Waals surface area contributed by atoms with Crippen molar-refractivity contribution in [1.82, 2.24) is 5.32 Å². The highest BCUT2D eigenvalue weighted by atomic mass is 32.2. The van der Waals surface area contributed by atoms with E-state index in [-0.39, 0.29) is 34.0 Å². The molecule has 4 rings (SSSR count). The maximum atomic E-state index is 13.2. The topological polar surface area (TPSA) is 105 Å². The van der Waals surface area contributed by atoms with Gasteiger partial charge in [-0.1, -0.05) is 31.4 Å². The molecule has 0 bridgehead atoms. The van der Waals surface area contributed by atoms with Gasteiger partial charge in [0.25, 0.3) is 15.9 Å². The van der Waals surface area contributed by atoms with Crippen molar-refractivity contribution in [2.45, 2.75) is 55.9 Å². The Morgan fingerprint density at radius 1 is 1.06 bits per heavy atom. The molecule has 0 aromatic heterocycles. The summed E-state index contributed by atoms with van der Waals surface area (Å²) in [6.45, 7) is 0.510. The van der Waals surface area contributed by atoms with Gasteiger partial charge in [0.2, 0.25) is 5.91 Å². The van der Waals surface area contributed by atoms with Crippen LogP contribution < -0.4 is 19.7 Å². The van der Waals surface area contributed by atoms with Crippen LogP contribution in [0, 0.1) is 0 Å². The lowest BCUT2D eigenvalue weighted by Crippen LogP contribution is -2.36. The number of hydrogen-bond donors (Lipinski definition) is 2. The number of ether oxygens (including phenoxy) is 1. The van der Waals surface area contributed by atoms with Gasteiger partial charge in [0.05, 0.1) is 28.9 Å². The number of methoxy groups -OCH3 is 1. The summed E-state index contributed by atoms with van der Waals surface area (Å²) in [5, 5.41) is 3.03. The third-order valence-corrected chi connectivity index (χ3v) is 7.54. The van der Waals surface area contributed by atoms with Crippen LogP contribution in [-0.4, -0.2) is 39.9 Å². The van der Waals surface area contributed by atoms with E-state index >= 15 is 0 Å². The molecule has 0 unspecified atom stereocenters. The fourth-order valence-corrected chi connectivity index (χ4v) is 5.53. The van der Waals surface area contributed by atoms with Crippen LogP contribution >= 0.6 is 0 Å². The smallest absolute Gasteiger partial charge is 0.261 e. The van der Waals surface area contributed by atoms with E-state index in [0.717, 1.165) is 25.7 Å². The number of para-hydroxylation sites is 1. The largest absolute Gasteiger partial charge is 0.495 e. The van der Waals surface area contributed by atoms with Gasteiger partial charge in [0.15, 0.2) is 0 Å². The van der Waals surface area contributed by atoms with Gasteiger partial charge < -0.3 is 15.0 Å². The van der Waals surface area contributed by atoms with Gasteiger partial charge in [0.1, 0.15) is 5.75 Å². The standard InChI is InChI=1S/C24H29N3O5S/c1-32-22-14-13-18(16-21(22)27-15-7-12-23(27)28)33(30,31)26-20-11-6-5-10-19(20)24(29)25-17-8-3-2-4-9-17/h5-6,10-11,13-14,16-17,26H,2-4,7-9,12,15H2,1H3,(H,25,29). The van der Waals surface area contributed by atoms with E-state index in [2.05, 4.69) is 10.0 Å². The predicted molar refractivity (Wildman–Crippen MR) is 126 cm³/mol. The van der Waals surface area contributed by atoms with Crippen LogP contribution in [0.15, 0.2) is 47.4 Å². The molecule has 2 amide bonds. The van der Waals surface area contributed by atoms with Crippen LogP contribution in [0.1, 0.15) is 55.3 Å². The first-order valence-electron chi connectivity index (χ1n) is 11.3. The Morgan fingerprint density at radius 3 is 2.52 bits per heavy atom. The minimum Gasteiger partial charge on any atom is -0.495 e. The summed E-state index contributed by atoms with van der Waals surface area (Å²) in [4.78, 5) is 26.7. The second kappa shape index (κ2) is 9.82. The Kier molecular flexibility index (Phi) is 6.88. The van der Waals surface area contributed by atoms with Crippen molar-refractivity contribution in [1.29, 1.82) is 0 Å². The SMILES string of the molecule is COc1ccc(S(=O)(=O)Nc2ccccc2C(=O)NC2CCCCC2)cc1N1CCCC1=O. The summed E-state index contributed by atoms with van der Waals surface area (Å²) in [7, 11) is -2.54. The van der Waals surface area contributed by atoms with E-state index in [4.69, 9.17) is 4.74 Å². The van der Waals surface area contributed by atoms with Crippen molar-refractivity contribution in [2.75, 3.05) is 23.3 Å². The highest BCUT2D eigenvalue weighted by molar-refractivity contribution is 7.92. The number of benzene rings is 2. The van der Waals surface area contributed by atoms with Crippen LogP contribution in [-0.2, 0) is 14.8 Å². The Labute approximate surface area is 194 Å². The van der Waals surface area contributed by atoms with E-state index in [1.165, 1.54) is 31.7 Å². The molecule has 0 atom stereocenters. The Balaban J connectivity index is 1.59. The van der Waals surface area contributed by atoms with Gasteiger partial charge in [-0.05, 0) is 49.6 Å². The van der Waals surface area contributed by atoms with E-state index in [1.807, 2.05) is 0 Å². The van der Waals surface area contributed by atoms with Gasteiger partial charge in [-0.2, -0.15) is 0 Å². The first-order chi connectivity index (χ1) is 15.9. The molecule has 1 heterocycles. The third-order valence-electron chi connectivity index (χ3n) is 6.18. The first kappa shape index (κ1) is 23.1. The Morgan fingerprint density at radius 2 is 1.82 bits per heavy atom. The summed E-state index contributed by atoms with van der Waals surface area (Å²) in [5.74, 6) is 0.0651. The molecular weight excluding hydrogens is 442 g/mol. The quantitative estimate of drug-likeness (QED) is 0.641. The van der Waals surface area contributed by atoms with Crippen LogP contribution in [0.2, 0.25) is 0 Å². The number of nitrogens with zero attached hydrogens (tertiary/aromatic N) is 1. The van der Waals surface area contributed by atoms with Crippen molar-refractivity contribution in [3.05, 3.63) is 48.0 Å². The maximum absolute atomic E-state index is 13.2. The number of sulfonamides is 1. The van der Waals surface area contributed by atoms with Crippen molar-refractivity contribution in [3.63, 3.8) is 0 Å². The molecule has 9 heteroatoms. The lowest BCUT2D eigenvalue weighted by molar-refractivity contribution is -0.117. The summed E-state index contributed by atoms with van der Waals surface area (Å²) in [5.41, 5.74) is 0.904. The predicted octanol–water partition coefficient (Wildman–Crippen LogP) is 3.69. The zero-order valence-electron chi connectivity index (χ0n) is 18.7. The molecule has 1 aliphatic carbocycles. The molecule has 2 fully saturated rings. The molecule has 33 heavy (non-hydrogen) atoms. The van der Waals surface area contributed by atoms with Crippen molar-refractivity contribution in [3.8, 4) is 5.75 Å². The first-order valence-corrected chi connectivity index (χ1v) is 12.8. The number of carbonyl (C=O) groups is 2. The summed E-state index contributed by atoms with van der Waals surface area (Å²) >= 11 is 0. The fourth-order valence-electron chi connectivity index (χ4n) is 4.43. The number of hydrogen-bond acceptors (Lipinski definition) is 5. The number of anilines is 2. The molecule has 2 aliphatic rings. The van der Waals surface area contributed by atoms with Crippen LogP contribution in [0.25, 0.3) is 0 Å². The van der Waals surface area contributed by atoms with Gasteiger partial charge in [-0.25, -0.2) is 8.42 Å². The average Bonchev–Trinajstić information content (AvgIpc) is 3.25. The minimum atomic E-state index is -4.02. The lowest BCUT2D eigenvalue weighted by Gasteiger charge is -2.23. The van der Waals surface area contributed by atoms with Crippen molar-refractivity contribution < 1.29 is 22.7 Å². The lowest BCUT2D eigenvalue weighted by atomic mass is 9.95. The molecule has 2 aromatic carbocycles. The number of carbonyl (C=O) groups excluding carboxylic acids is 2. The minimum absolute atomic E-state index is 0.0134. The van der Waals surface area contributed by atoms with E-state index < -0.39 is 10.0 Å². The molecule has 0 radical (unpaired) electrons. The van der Waals surface area contributed by atoms with Crippen molar-refractivity contribution in [2.24, 2.45) is 0 Å². The van der Waals surface area contributed by atoms with E-state index in [0.29, 0.717) is 30.8 Å². The van der Waals surface area contributed by atoms with Crippen LogP contribution in [0.5, 0.6) is 5.75 Å². The second-order valence-corrected chi connectivity index (χ2v) is 10.1. The van der Waals surface area contributed by atoms with E-state index in [9.17, 15) is 18.0 Å². The number of rotatable bonds is 7. The molecule has 1 aliphatic heterocycles. The fraction of sp³-hybridized carbons (Fsp3) is 0.417. The summed E-state index contributed by atoms with van der Waals surface area (Å²) < 4.78 is 34.4. The number of nitrogens with one attached hydrogen (secondary N) is 2. The van der Waals surface area contributed by atoms with Gasteiger partial charge in [0, 0.05) is 19.0 Å². The van der Waals surface area contributed by atoms with Gasteiger partial charge in [-0.3, -0.25) is 14.3 Å². The number of amides is 2. The van der Waals surface area contributed by atoms with Crippen LogP contribution in [0.3, 0.4) is 0 Å². The molecule has 1 saturated heterocycles. The molecule has 8 nitrogen and oxygen atoms in total. The molecule has 2 aromatic rings. The van der Waals surface area contributed by atoms with Crippen molar-refractivity contribution >= 4 is 33.2 Å². The van der Waals surface area contributed by atoms with E-state index in [1.54, 1.807) is 29.2 Å². The monoisotopic (exact) mass is 471 g/mol. The zero-order valence-corrected chi connectivity index (χ0v) is 19.5. The molecular formula is C24H29N3O5S. The molecule has 176 valence electrons. The summed E-state index contributed by atoms with van der Waals surface area (Å²) in [6, 6.07) is 11.1. The van der Waals surface area contributed by atoms with Gasteiger partial charge >= 0.3 is 0 Å². The third kappa shape index (κ3) is 5.13. The Hall–Kier alpha value is -3.07. The maximum Gasteiger partial charge on any atom is 0.261 e. The molecule has 0 spiro atoms. The zero-order chi connectivity index (χ0) is 23.4. The molecule has 2 N–H and O–H groups in total. The van der Waals surface area contributed by atoms with Crippen LogP contribution in [0.4, 0.5) is 11.4 Å². The highest BCUT2D eigenvalue weighted by Crippen LogP contribution is 2.34. The average molecular weight is 472 g/mol. The molecule has 1 saturated carbocycles. The van der Waals surface area contributed by atoms with Gasteiger partial charge in [-0.15, -0.1) is 0 Å². The highest BCUT2D eigenvalue weighted by Gasteiger charge is 2.27. The Bertz CT molecular complexity index is 1140.